The smallest absolute Gasteiger partial charge is 0.237 e. The summed E-state index contributed by atoms with van der Waals surface area (Å²) in [5.74, 6) is 0.488. The number of amides is 1. The van der Waals surface area contributed by atoms with Gasteiger partial charge in [0.05, 0.1) is 11.6 Å². The molecule has 0 heterocycles. The highest BCUT2D eigenvalue weighted by Crippen LogP contribution is 2.23. The van der Waals surface area contributed by atoms with Crippen molar-refractivity contribution in [3.8, 4) is 5.75 Å². The molecule has 0 aromatic heterocycles. The first-order valence-corrected chi connectivity index (χ1v) is 6.51. The number of hydrogen-bond donors (Lipinski definition) is 2. The molecule has 19 heavy (non-hydrogen) atoms. The molecule has 4 heteroatoms. The molecular formula is C15H24N2O2. The zero-order valence-electron chi connectivity index (χ0n) is 12.4. The predicted octanol–water partition coefficient (Wildman–Crippen LogP) is 1.92. The Morgan fingerprint density at radius 2 is 2.11 bits per heavy atom. The molecule has 1 aromatic carbocycles. The van der Waals surface area contributed by atoms with Crippen LogP contribution < -0.4 is 15.8 Å². The lowest BCUT2D eigenvalue weighted by atomic mass is 9.94. The van der Waals surface area contributed by atoms with Gasteiger partial charge in [0.2, 0.25) is 5.91 Å². The number of hydrogen-bond acceptors (Lipinski definition) is 3. The van der Waals surface area contributed by atoms with E-state index in [-0.39, 0.29) is 12.0 Å². The van der Waals surface area contributed by atoms with Gasteiger partial charge in [-0.2, -0.15) is 0 Å². The Morgan fingerprint density at radius 1 is 1.47 bits per heavy atom. The number of nitrogens with two attached hydrogens (primary N) is 1. The first-order chi connectivity index (χ1) is 8.78. The average Bonchev–Trinajstić information content (AvgIpc) is 2.33. The normalized spacial score (nSPS) is 15.6. The number of carbonyl (C=O) groups is 1. The van der Waals surface area contributed by atoms with Crippen LogP contribution in [0.2, 0.25) is 0 Å². The molecule has 1 amide bonds. The van der Waals surface area contributed by atoms with E-state index in [9.17, 15) is 4.79 Å². The monoisotopic (exact) mass is 264 g/mol. The second-order valence-electron chi connectivity index (χ2n) is 5.35. The van der Waals surface area contributed by atoms with E-state index >= 15 is 0 Å². The molecule has 0 saturated heterocycles. The molecule has 1 aromatic rings. The van der Waals surface area contributed by atoms with Crippen LogP contribution in [0.5, 0.6) is 5.75 Å². The van der Waals surface area contributed by atoms with Crippen LogP contribution in [0.3, 0.4) is 0 Å². The lowest BCUT2D eigenvalue weighted by molar-refractivity contribution is -0.124. The third-order valence-electron chi connectivity index (χ3n) is 3.46. The van der Waals surface area contributed by atoms with E-state index in [0.29, 0.717) is 6.42 Å². The maximum atomic E-state index is 11.5. The van der Waals surface area contributed by atoms with Crippen LogP contribution in [0.25, 0.3) is 0 Å². The highest BCUT2D eigenvalue weighted by molar-refractivity contribution is 5.84. The van der Waals surface area contributed by atoms with Gasteiger partial charge in [-0.05, 0) is 51.9 Å². The lowest BCUT2D eigenvalue weighted by Crippen LogP contribution is -2.53. The second-order valence-corrected chi connectivity index (χ2v) is 5.35. The van der Waals surface area contributed by atoms with Crippen molar-refractivity contribution in [3.05, 3.63) is 29.3 Å². The summed E-state index contributed by atoms with van der Waals surface area (Å²) >= 11 is 0. The van der Waals surface area contributed by atoms with E-state index < -0.39 is 5.54 Å². The molecule has 0 aliphatic heterocycles. The molecule has 0 aliphatic carbocycles. The number of ether oxygens (including phenoxy) is 1. The first kappa shape index (κ1) is 15.5. The zero-order valence-corrected chi connectivity index (χ0v) is 12.4. The van der Waals surface area contributed by atoms with E-state index in [1.54, 1.807) is 14.0 Å². The number of aryl methyl sites for hydroxylation is 2. The molecule has 3 N–H and O–H groups in total. The fraction of sp³-hybridized carbons (Fsp3) is 0.533. The van der Waals surface area contributed by atoms with Crippen LogP contribution in [0.1, 0.15) is 31.4 Å². The number of likely N-dealkylation sites (N-methyl/N-ethyl adjacent to an activating group) is 1. The van der Waals surface area contributed by atoms with Gasteiger partial charge in [0.25, 0.3) is 0 Å². The van der Waals surface area contributed by atoms with Crippen molar-refractivity contribution in [2.24, 2.45) is 5.73 Å². The van der Waals surface area contributed by atoms with E-state index in [0.717, 1.165) is 16.9 Å². The number of nitrogens with one attached hydrogen (secondary N) is 1. The molecule has 0 fully saturated rings. The van der Waals surface area contributed by atoms with Crippen LogP contribution in [-0.2, 0) is 4.79 Å². The minimum atomic E-state index is -0.753. The van der Waals surface area contributed by atoms with Crippen molar-refractivity contribution in [1.82, 2.24) is 5.32 Å². The van der Waals surface area contributed by atoms with Crippen LogP contribution in [-0.4, -0.2) is 24.6 Å². The number of primary amides is 1. The van der Waals surface area contributed by atoms with Gasteiger partial charge in [0.15, 0.2) is 0 Å². The van der Waals surface area contributed by atoms with Crippen molar-refractivity contribution >= 4 is 5.91 Å². The molecule has 2 unspecified atom stereocenters. The van der Waals surface area contributed by atoms with Gasteiger partial charge in [0.1, 0.15) is 5.75 Å². The minimum absolute atomic E-state index is 0.106. The minimum Gasteiger partial charge on any atom is -0.490 e. The summed E-state index contributed by atoms with van der Waals surface area (Å²) in [5.41, 5.74) is 6.91. The standard InChI is InChI=1S/C15H24N2O2/c1-10-6-7-11(2)13(8-10)19-12(3)9-15(4,17-5)14(16)18/h6-8,12,17H,9H2,1-5H3,(H2,16,18). The fourth-order valence-electron chi connectivity index (χ4n) is 1.99. The largest absolute Gasteiger partial charge is 0.490 e. The Bertz CT molecular complexity index is 459. The molecule has 0 bridgehead atoms. The summed E-state index contributed by atoms with van der Waals surface area (Å²) in [6.07, 6.45) is 0.414. The highest BCUT2D eigenvalue weighted by atomic mass is 16.5. The summed E-state index contributed by atoms with van der Waals surface area (Å²) in [6, 6.07) is 6.09. The Balaban J connectivity index is 2.77. The average molecular weight is 264 g/mol. The summed E-state index contributed by atoms with van der Waals surface area (Å²) in [4.78, 5) is 11.5. The Labute approximate surface area is 115 Å². The van der Waals surface area contributed by atoms with Crippen molar-refractivity contribution in [1.29, 1.82) is 0 Å². The van der Waals surface area contributed by atoms with Gasteiger partial charge in [0, 0.05) is 6.42 Å². The molecule has 0 saturated carbocycles. The van der Waals surface area contributed by atoms with E-state index in [1.165, 1.54) is 0 Å². The van der Waals surface area contributed by atoms with E-state index in [4.69, 9.17) is 10.5 Å². The van der Waals surface area contributed by atoms with E-state index in [1.807, 2.05) is 39.0 Å². The molecule has 1 rings (SSSR count). The summed E-state index contributed by atoms with van der Waals surface area (Å²) in [5, 5.41) is 2.97. The fourth-order valence-corrected chi connectivity index (χ4v) is 1.99. The van der Waals surface area contributed by atoms with Crippen molar-refractivity contribution in [3.63, 3.8) is 0 Å². The van der Waals surface area contributed by atoms with Crippen LogP contribution in [0.4, 0.5) is 0 Å². The van der Waals surface area contributed by atoms with Crippen molar-refractivity contribution in [2.45, 2.75) is 45.8 Å². The molecule has 106 valence electrons. The highest BCUT2D eigenvalue weighted by Gasteiger charge is 2.31. The lowest BCUT2D eigenvalue weighted by Gasteiger charge is -2.29. The quantitative estimate of drug-likeness (QED) is 0.825. The Hall–Kier alpha value is -1.55. The molecule has 0 spiro atoms. The van der Waals surface area contributed by atoms with Gasteiger partial charge < -0.3 is 15.8 Å². The maximum absolute atomic E-state index is 11.5. The molecule has 0 radical (unpaired) electrons. The number of carbonyl (C=O) groups excluding carboxylic acids is 1. The number of benzene rings is 1. The van der Waals surface area contributed by atoms with Crippen LogP contribution in [0, 0.1) is 13.8 Å². The van der Waals surface area contributed by atoms with Crippen LogP contribution >= 0.6 is 0 Å². The predicted molar refractivity (Wildman–Crippen MR) is 77.3 cm³/mol. The third-order valence-corrected chi connectivity index (χ3v) is 3.46. The zero-order chi connectivity index (χ0) is 14.6. The van der Waals surface area contributed by atoms with Crippen molar-refractivity contribution in [2.75, 3.05) is 7.05 Å². The van der Waals surface area contributed by atoms with Gasteiger partial charge >= 0.3 is 0 Å². The van der Waals surface area contributed by atoms with E-state index in [2.05, 4.69) is 5.32 Å². The van der Waals surface area contributed by atoms with Gasteiger partial charge in [-0.25, -0.2) is 0 Å². The maximum Gasteiger partial charge on any atom is 0.237 e. The second kappa shape index (κ2) is 6.06. The third kappa shape index (κ3) is 3.96. The molecule has 4 nitrogen and oxygen atoms in total. The molecule has 2 atom stereocenters. The SMILES string of the molecule is CNC(C)(CC(C)Oc1cc(C)ccc1C)C(N)=O. The Kier molecular flexibility index (Phi) is 4.95. The topological polar surface area (TPSA) is 64.3 Å². The first-order valence-electron chi connectivity index (χ1n) is 6.51. The van der Waals surface area contributed by atoms with Gasteiger partial charge in [-0.3, -0.25) is 4.79 Å². The molecule has 0 aliphatic rings. The number of rotatable bonds is 6. The van der Waals surface area contributed by atoms with Crippen LogP contribution in [0.15, 0.2) is 18.2 Å². The summed E-state index contributed by atoms with van der Waals surface area (Å²) < 4.78 is 5.93. The summed E-state index contributed by atoms with van der Waals surface area (Å²) in [6.45, 7) is 7.77. The van der Waals surface area contributed by atoms with Crippen molar-refractivity contribution < 1.29 is 9.53 Å². The Morgan fingerprint density at radius 3 is 2.63 bits per heavy atom. The van der Waals surface area contributed by atoms with Gasteiger partial charge in [-0.15, -0.1) is 0 Å². The molecular weight excluding hydrogens is 240 g/mol. The van der Waals surface area contributed by atoms with Gasteiger partial charge in [-0.1, -0.05) is 12.1 Å². The summed E-state index contributed by atoms with van der Waals surface area (Å²) in [7, 11) is 1.73.